The summed E-state index contributed by atoms with van der Waals surface area (Å²) in [6.07, 6.45) is 0.994. The fourth-order valence-electron chi connectivity index (χ4n) is 2.01. The Morgan fingerprint density at radius 3 is 3.00 bits per heavy atom. The van der Waals surface area contributed by atoms with Crippen molar-refractivity contribution in [2.75, 3.05) is 20.3 Å². The summed E-state index contributed by atoms with van der Waals surface area (Å²) in [6, 6.07) is 6.91. The average Bonchev–Trinajstić information content (AvgIpc) is 2.85. The van der Waals surface area contributed by atoms with Crippen molar-refractivity contribution in [1.82, 2.24) is 4.90 Å². The van der Waals surface area contributed by atoms with Gasteiger partial charge in [-0.2, -0.15) is 5.26 Å². The number of likely N-dealkylation sites (N-methyl/N-ethyl adjacent to an activating group) is 1. The summed E-state index contributed by atoms with van der Waals surface area (Å²) in [6.45, 7) is 2.05. The highest BCUT2D eigenvalue weighted by Crippen LogP contribution is 2.16. The second kappa shape index (κ2) is 5.26. The van der Waals surface area contributed by atoms with Gasteiger partial charge < -0.3 is 4.74 Å². The van der Waals surface area contributed by atoms with E-state index >= 15 is 0 Å². The molecule has 2 rings (SSSR count). The predicted molar refractivity (Wildman–Crippen MR) is 61.8 cm³/mol. The normalized spacial score (nSPS) is 19.5. The quantitative estimate of drug-likeness (QED) is 0.801. The highest BCUT2D eigenvalue weighted by Gasteiger charge is 2.20. The van der Waals surface area contributed by atoms with Gasteiger partial charge >= 0.3 is 0 Å². The van der Waals surface area contributed by atoms with E-state index in [0.29, 0.717) is 30.3 Å². The summed E-state index contributed by atoms with van der Waals surface area (Å²) in [5, 5.41) is 8.66. The van der Waals surface area contributed by atoms with Gasteiger partial charge in [-0.25, -0.2) is 4.39 Å². The number of rotatable bonds is 3. The van der Waals surface area contributed by atoms with Crippen LogP contribution in [-0.4, -0.2) is 31.2 Å². The Balaban J connectivity index is 2.05. The third-order valence-corrected chi connectivity index (χ3v) is 3.13. The summed E-state index contributed by atoms with van der Waals surface area (Å²) >= 11 is 0. The molecule has 1 heterocycles. The molecule has 0 aromatic heterocycles. The Morgan fingerprint density at radius 2 is 2.41 bits per heavy atom. The van der Waals surface area contributed by atoms with Gasteiger partial charge in [0, 0.05) is 24.8 Å². The zero-order valence-electron chi connectivity index (χ0n) is 9.82. The van der Waals surface area contributed by atoms with Gasteiger partial charge in [0.25, 0.3) is 0 Å². The van der Waals surface area contributed by atoms with E-state index < -0.39 is 0 Å². The fraction of sp³-hybridized carbons (Fsp3) is 0.462. The molecule has 0 amide bonds. The minimum Gasteiger partial charge on any atom is -0.380 e. The van der Waals surface area contributed by atoms with Crippen LogP contribution in [0.25, 0.3) is 0 Å². The zero-order chi connectivity index (χ0) is 12.3. The lowest BCUT2D eigenvalue weighted by atomic mass is 10.1. The Bertz CT molecular complexity index is 436. The maximum Gasteiger partial charge on any atom is 0.129 e. The minimum absolute atomic E-state index is 0.310. The third-order valence-electron chi connectivity index (χ3n) is 3.13. The largest absolute Gasteiger partial charge is 0.380 e. The molecule has 1 fully saturated rings. The molecule has 1 atom stereocenters. The molecule has 0 saturated carbocycles. The Morgan fingerprint density at radius 1 is 1.59 bits per heavy atom. The molecule has 0 radical (unpaired) electrons. The van der Waals surface area contributed by atoms with Crippen molar-refractivity contribution in [2.45, 2.75) is 19.0 Å². The van der Waals surface area contributed by atoms with Gasteiger partial charge in [0.2, 0.25) is 0 Å². The minimum atomic E-state index is -0.310. The lowest BCUT2D eigenvalue weighted by Gasteiger charge is -2.22. The van der Waals surface area contributed by atoms with Crippen LogP contribution in [0, 0.1) is 17.1 Å². The topological polar surface area (TPSA) is 36.3 Å². The van der Waals surface area contributed by atoms with Crippen LogP contribution in [-0.2, 0) is 11.3 Å². The fourth-order valence-corrected chi connectivity index (χ4v) is 2.01. The average molecular weight is 234 g/mol. The van der Waals surface area contributed by atoms with Crippen molar-refractivity contribution >= 4 is 0 Å². The molecule has 4 heteroatoms. The van der Waals surface area contributed by atoms with Gasteiger partial charge in [0.15, 0.2) is 0 Å². The first-order valence-corrected chi connectivity index (χ1v) is 5.67. The van der Waals surface area contributed by atoms with Crippen molar-refractivity contribution in [3.8, 4) is 6.07 Å². The number of benzene rings is 1. The van der Waals surface area contributed by atoms with Crippen LogP contribution in [0.4, 0.5) is 4.39 Å². The first kappa shape index (κ1) is 12.0. The molecule has 1 aliphatic heterocycles. The standard InChI is InChI=1S/C13H15FN2O/c1-16(12-4-5-17-9-12)8-11-3-2-10(7-15)6-13(11)14/h2-3,6,12H,4-5,8-9H2,1H3. The van der Waals surface area contributed by atoms with Crippen molar-refractivity contribution in [3.63, 3.8) is 0 Å². The second-order valence-corrected chi connectivity index (χ2v) is 4.35. The Hall–Kier alpha value is -1.44. The lowest BCUT2D eigenvalue weighted by Crippen LogP contribution is -2.31. The predicted octanol–water partition coefficient (Wildman–Crippen LogP) is 1.92. The number of halogens is 1. The molecule has 0 spiro atoms. The molecular weight excluding hydrogens is 219 g/mol. The maximum absolute atomic E-state index is 13.7. The summed E-state index contributed by atoms with van der Waals surface area (Å²) < 4.78 is 19.0. The molecule has 0 N–H and O–H groups in total. The third kappa shape index (κ3) is 2.82. The molecule has 1 aromatic carbocycles. The van der Waals surface area contributed by atoms with E-state index in [2.05, 4.69) is 4.90 Å². The number of hydrogen-bond acceptors (Lipinski definition) is 3. The number of nitrogens with zero attached hydrogens (tertiary/aromatic N) is 2. The zero-order valence-corrected chi connectivity index (χ0v) is 9.82. The van der Waals surface area contributed by atoms with E-state index in [1.54, 1.807) is 12.1 Å². The monoisotopic (exact) mass is 234 g/mol. The van der Waals surface area contributed by atoms with Gasteiger partial charge in [-0.3, -0.25) is 4.90 Å². The molecule has 0 aliphatic carbocycles. The highest BCUT2D eigenvalue weighted by molar-refractivity contribution is 5.32. The van der Waals surface area contributed by atoms with Crippen LogP contribution in [0.15, 0.2) is 18.2 Å². The first-order chi connectivity index (χ1) is 8.20. The first-order valence-electron chi connectivity index (χ1n) is 5.67. The van der Waals surface area contributed by atoms with E-state index in [9.17, 15) is 4.39 Å². The molecule has 1 unspecified atom stereocenters. The van der Waals surface area contributed by atoms with Gasteiger partial charge in [-0.1, -0.05) is 6.07 Å². The van der Waals surface area contributed by atoms with Crippen LogP contribution in [0.3, 0.4) is 0 Å². The van der Waals surface area contributed by atoms with E-state index in [-0.39, 0.29) is 5.82 Å². The van der Waals surface area contributed by atoms with Gasteiger partial charge in [-0.05, 0) is 25.6 Å². The Kier molecular flexibility index (Phi) is 3.72. The van der Waals surface area contributed by atoms with Gasteiger partial charge in [0.05, 0.1) is 18.2 Å². The Labute approximate surface area is 100 Å². The van der Waals surface area contributed by atoms with E-state index in [1.165, 1.54) is 6.07 Å². The molecule has 1 aromatic rings. The molecule has 0 bridgehead atoms. The summed E-state index contributed by atoms with van der Waals surface area (Å²) in [5.74, 6) is -0.310. The van der Waals surface area contributed by atoms with Crippen LogP contribution in [0.5, 0.6) is 0 Å². The summed E-state index contributed by atoms with van der Waals surface area (Å²) in [4.78, 5) is 2.09. The number of nitriles is 1. The summed E-state index contributed by atoms with van der Waals surface area (Å²) in [7, 11) is 1.97. The number of ether oxygens (including phenoxy) is 1. The highest BCUT2D eigenvalue weighted by atomic mass is 19.1. The molecule has 90 valence electrons. The van der Waals surface area contributed by atoms with Crippen molar-refractivity contribution in [2.24, 2.45) is 0 Å². The van der Waals surface area contributed by atoms with Crippen molar-refractivity contribution in [3.05, 3.63) is 35.1 Å². The summed E-state index contributed by atoms with van der Waals surface area (Å²) in [5.41, 5.74) is 0.983. The van der Waals surface area contributed by atoms with E-state index in [1.807, 2.05) is 13.1 Å². The van der Waals surface area contributed by atoms with Crippen LogP contribution in [0.1, 0.15) is 17.5 Å². The van der Waals surface area contributed by atoms with Crippen molar-refractivity contribution in [1.29, 1.82) is 5.26 Å². The lowest BCUT2D eigenvalue weighted by molar-refractivity contribution is 0.155. The van der Waals surface area contributed by atoms with E-state index in [4.69, 9.17) is 10.00 Å². The SMILES string of the molecule is CN(Cc1ccc(C#N)cc1F)C1CCOC1. The molecule has 17 heavy (non-hydrogen) atoms. The molecule has 1 aliphatic rings. The van der Waals surface area contributed by atoms with Gasteiger partial charge in [-0.15, -0.1) is 0 Å². The second-order valence-electron chi connectivity index (χ2n) is 4.35. The van der Waals surface area contributed by atoms with Crippen LogP contribution >= 0.6 is 0 Å². The van der Waals surface area contributed by atoms with Crippen LogP contribution < -0.4 is 0 Å². The smallest absolute Gasteiger partial charge is 0.129 e. The van der Waals surface area contributed by atoms with Crippen LogP contribution in [0.2, 0.25) is 0 Å². The van der Waals surface area contributed by atoms with E-state index in [0.717, 1.165) is 13.0 Å². The van der Waals surface area contributed by atoms with Crippen molar-refractivity contribution < 1.29 is 9.13 Å². The maximum atomic E-state index is 13.7. The molecular formula is C13H15FN2O. The van der Waals surface area contributed by atoms with Gasteiger partial charge in [0.1, 0.15) is 5.82 Å². The molecule has 3 nitrogen and oxygen atoms in total. The molecule has 1 saturated heterocycles. The number of hydrogen-bond donors (Lipinski definition) is 0.